The van der Waals surface area contributed by atoms with Crippen molar-refractivity contribution < 1.29 is 14.3 Å². The molecule has 0 saturated heterocycles. The molecule has 2 rings (SSSR count). The minimum atomic E-state index is -0.698. The summed E-state index contributed by atoms with van der Waals surface area (Å²) in [7, 11) is 0. The van der Waals surface area contributed by atoms with E-state index < -0.39 is 5.54 Å². The van der Waals surface area contributed by atoms with E-state index in [-0.39, 0.29) is 24.5 Å². The molecule has 0 heterocycles. The zero-order valence-electron chi connectivity index (χ0n) is 14.8. The molecule has 1 aromatic carbocycles. The predicted molar refractivity (Wildman–Crippen MR) is 95.4 cm³/mol. The average molecular weight is 342 g/mol. The monoisotopic (exact) mass is 342 g/mol. The predicted octanol–water partition coefficient (Wildman–Crippen LogP) is 3.78. The van der Waals surface area contributed by atoms with Crippen molar-refractivity contribution in [1.82, 2.24) is 5.32 Å². The van der Waals surface area contributed by atoms with Crippen LogP contribution in [0.5, 0.6) is 5.75 Å². The van der Waals surface area contributed by atoms with E-state index in [9.17, 15) is 9.59 Å². The molecule has 0 unspecified atom stereocenters. The minimum absolute atomic E-state index is 0.0766. The Bertz CT molecular complexity index is 627. The fourth-order valence-electron chi connectivity index (χ4n) is 2.77. The van der Waals surface area contributed by atoms with Crippen LogP contribution in [-0.2, 0) is 4.79 Å². The maximum atomic E-state index is 12.2. The van der Waals surface area contributed by atoms with Gasteiger partial charge in [-0.3, -0.25) is 9.59 Å². The van der Waals surface area contributed by atoms with E-state index in [0.717, 1.165) is 31.4 Å². The number of ether oxygens (including phenoxy) is 1. The van der Waals surface area contributed by atoms with Gasteiger partial charge in [-0.2, -0.15) is 5.26 Å². The molecule has 0 aromatic heterocycles. The minimum Gasteiger partial charge on any atom is -0.494 e. The average Bonchev–Trinajstić information content (AvgIpc) is 2.60. The van der Waals surface area contributed by atoms with Gasteiger partial charge in [0.2, 0.25) is 5.91 Å². The van der Waals surface area contributed by atoms with Crippen LogP contribution < -0.4 is 10.1 Å². The normalized spacial score (nSPS) is 14.9. The SMILES string of the molecule is CCCCCOc1ccc(C(=O)CCC(=O)NC2(C#N)CCC2)cc1. The van der Waals surface area contributed by atoms with E-state index >= 15 is 0 Å². The van der Waals surface area contributed by atoms with E-state index in [4.69, 9.17) is 10.00 Å². The highest BCUT2D eigenvalue weighted by atomic mass is 16.5. The highest BCUT2D eigenvalue weighted by Gasteiger charge is 2.38. The molecular weight excluding hydrogens is 316 g/mol. The third-order valence-electron chi connectivity index (χ3n) is 4.57. The first-order valence-corrected chi connectivity index (χ1v) is 9.07. The third kappa shape index (κ3) is 5.60. The number of rotatable bonds is 10. The van der Waals surface area contributed by atoms with Crippen LogP contribution >= 0.6 is 0 Å². The molecule has 134 valence electrons. The number of amides is 1. The summed E-state index contributed by atoms with van der Waals surface area (Å²) in [5, 5.41) is 11.9. The molecular formula is C20H26N2O3. The molecule has 25 heavy (non-hydrogen) atoms. The number of ketones is 1. The number of unbranched alkanes of at least 4 members (excludes halogenated alkanes) is 2. The summed E-state index contributed by atoms with van der Waals surface area (Å²) in [6.07, 6.45) is 5.93. The number of nitriles is 1. The molecule has 1 aromatic rings. The number of hydrogen-bond donors (Lipinski definition) is 1. The van der Waals surface area contributed by atoms with Gasteiger partial charge in [-0.05, 0) is 49.9 Å². The van der Waals surface area contributed by atoms with Crippen molar-refractivity contribution in [3.05, 3.63) is 29.8 Å². The van der Waals surface area contributed by atoms with Crippen molar-refractivity contribution in [2.75, 3.05) is 6.61 Å². The molecule has 1 aliphatic rings. The number of nitrogens with one attached hydrogen (secondary N) is 1. The van der Waals surface area contributed by atoms with Gasteiger partial charge >= 0.3 is 0 Å². The second-order valence-corrected chi connectivity index (χ2v) is 6.60. The quantitative estimate of drug-likeness (QED) is 0.518. The van der Waals surface area contributed by atoms with Crippen molar-refractivity contribution in [3.8, 4) is 11.8 Å². The van der Waals surface area contributed by atoms with E-state index in [1.54, 1.807) is 24.3 Å². The topological polar surface area (TPSA) is 79.2 Å². The fraction of sp³-hybridized carbons (Fsp3) is 0.550. The van der Waals surface area contributed by atoms with Crippen LogP contribution in [0.2, 0.25) is 0 Å². The molecule has 0 atom stereocenters. The van der Waals surface area contributed by atoms with Crippen molar-refractivity contribution in [3.63, 3.8) is 0 Å². The Morgan fingerprint density at radius 2 is 1.92 bits per heavy atom. The van der Waals surface area contributed by atoms with Crippen LogP contribution in [0, 0.1) is 11.3 Å². The van der Waals surface area contributed by atoms with Gasteiger partial charge in [0.1, 0.15) is 11.3 Å². The first kappa shape index (κ1) is 19.0. The lowest BCUT2D eigenvalue weighted by atomic mass is 9.78. The van der Waals surface area contributed by atoms with E-state index in [2.05, 4.69) is 18.3 Å². The zero-order valence-corrected chi connectivity index (χ0v) is 14.8. The summed E-state index contributed by atoms with van der Waals surface area (Å²) in [5.41, 5.74) is -0.121. The number of benzene rings is 1. The maximum absolute atomic E-state index is 12.2. The van der Waals surface area contributed by atoms with Crippen LogP contribution in [0.25, 0.3) is 0 Å². The Balaban J connectivity index is 1.75. The lowest BCUT2D eigenvalue weighted by Gasteiger charge is -2.35. The second kappa shape index (κ2) is 9.22. The van der Waals surface area contributed by atoms with Crippen LogP contribution in [0.3, 0.4) is 0 Å². The van der Waals surface area contributed by atoms with E-state index in [1.807, 2.05) is 0 Å². The molecule has 0 bridgehead atoms. The zero-order chi connectivity index (χ0) is 18.1. The van der Waals surface area contributed by atoms with Crippen molar-refractivity contribution in [2.45, 2.75) is 63.8 Å². The van der Waals surface area contributed by atoms with Gasteiger partial charge in [0.15, 0.2) is 5.78 Å². The molecule has 1 saturated carbocycles. The molecule has 5 nitrogen and oxygen atoms in total. The Kier molecular flexibility index (Phi) is 7.00. The smallest absolute Gasteiger partial charge is 0.221 e. The molecule has 0 aliphatic heterocycles. The maximum Gasteiger partial charge on any atom is 0.221 e. The van der Waals surface area contributed by atoms with Crippen LogP contribution in [-0.4, -0.2) is 23.8 Å². The summed E-state index contributed by atoms with van der Waals surface area (Å²) in [6, 6.07) is 9.21. The number of carbonyl (C=O) groups excluding carboxylic acids is 2. The van der Waals surface area contributed by atoms with Crippen molar-refractivity contribution in [1.29, 1.82) is 5.26 Å². The van der Waals surface area contributed by atoms with Crippen LogP contribution in [0.1, 0.15) is 68.6 Å². The first-order valence-electron chi connectivity index (χ1n) is 9.07. The van der Waals surface area contributed by atoms with Gasteiger partial charge < -0.3 is 10.1 Å². The highest BCUT2D eigenvalue weighted by molar-refractivity contribution is 5.98. The largest absolute Gasteiger partial charge is 0.494 e. The van der Waals surface area contributed by atoms with Crippen LogP contribution in [0.4, 0.5) is 0 Å². The third-order valence-corrected chi connectivity index (χ3v) is 4.57. The van der Waals surface area contributed by atoms with Gasteiger partial charge in [-0.1, -0.05) is 19.8 Å². The standard InChI is InChI=1S/C20H26N2O3/c1-2-3-4-14-25-17-8-6-16(7-9-17)18(23)10-11-19(24)22-20(15-21)12-5-13-20/h6-9H,2-5,10-14H2,1H3,(H,22,24). The van der Waals surface area contributed by atoms with E-state index in [1.165, 1.54) is 0 Å². The number of hydrogen-bond acceptors (Lipinski definition) is 4. The molecule has 1 N–H and O–H groups in total. The Morgan fingerprint density at radius 1 is 1.20 bits per heavy atom. The highest BCUT2D eigenvalue weighted by Crippen LogP contribution is 2.31. The second-order valence-electron chi connectivity index (χ2n) is 6.60. The molecule has 1 fully saturated rings. The Hall–Kier alpha value is -2.35. The van der Waals surface area contributed by atoms with Crippen molar-refractivity contribution >= 4 is 11.7 Å². The first-order chi connectivity index (χ1) is 12.1. The Morgan fingerprint density at radius 3 is 2.48 bits per heavy atom. The summed E-state index contributed by atoms with van der Waals surface area (Å²) >= 11 is 0. The number of Topliss-reactive ketones (excluding diaryl/α,β-unsaturated/α-hetero) is 1. The number of carbonyl (C=O) groups is 2. The van der Waals surface area contributed by atoms with Crippen LogP contribution in [0.15, 0.2) is 24.3 Å². The fourth-order valence-corrected chi connectivity index (χ4v) is 2.77. The lowest BCUT2D eigenvalue weighted by molar-refractivity contribution is -0.123. The Labute approximate surface area is 149 Å². The van der Waals surface area contributed by atoms with Gasteiger partial charge in [0, 0.05) is 18.4 Å². The number of nitrogens with zero attached hydrogens (tertiary/aromatic N) is 1. The lowest BCUT2D eigenvalue weighted by Crippen LogP contribution is -2.52. The molecule has 1 aliphatic carbocycles. The summed E-state index contributed by atoms with van der Waals surface area (Å²) in [6.45, 7) is 2.83. The molecule has 0 radical (unpaired) electrons. The summed E-state index contributed by atoms with van der Waals surface area (Å²) in [5.74, 6) is 0.448. The summed E-state index contributed by atoms with van der Waals surface area (Å²) < 4.78 is 5.62. The molecule has 5 heteroatoms. The molecule has 1 amide bonds. The van der Waals surface area contributed by atoms with Gasteiger partial charge in [0.25, 0.3) is 0 Å². The van der Waals surface area contributed by atoms with Crippen molar-refractivity contribution in [2.24, 2.45) is 0 Å². The molecule has 0 spiro atoms. The van der Waals surface area contributed by atoms with Gasteiger partial charge in [-0.15, -0.1) is 0 Å². The summed E-state index contributed by atoms with van der Waals surface area (Å²) in [4.78, 5) is 24.1. The van der Waals surface area contributed by atoms with Gasteiger partial charge in [-0.25, -0.2) is 0 Å². The van der Waals surface area contributed by atoms with E-state index in [0.29, 0.717) is 25.0 Å². The van der Waals surface area contributed by atoms with Gasteiger partial charge in [0.05, 0.1) is 12.7 Å².